The molecule has 0 aromatic carbocycles. The molecular weight excluding hydrogens is 236 g/mol. The molecule has 0 radical (unpaired) electrons. The van der Waals surface area contributed by atoms with E-state index in [0.29, 0.717) is 4.99 Å². The smallest absolute Gasteiger partial charge is 0.0891 e. The van der Waals surface area contributed by atoms with Gasteiger partial charge in [-0.05, 0) is 50.9 Å². The van der Waals surface area contributed by atoms with Crippen LogP contribution in [-0.4, -0.2) is 40.5 Å². The molecule has 0 atom stereocenters. The lowest BCUT2D eigenvalue weighted by atomic mass is 9.84. The maximum absolute atomic E-state index is 5.89. The molecule has 0 aromatic heterocycles. The van der Waals surface area contributed by atoms with Crippen molar-refractivity contribution in [2.45, 2.75) is 36.9 Å². The standard InChI is InChI=1S/C12H22N2S2/c1-16-12(11(13)15)5-7-14(8-6-12)9-10-3-2-4-10/h10H,2-9H2,1H3,(H2,13,15). The molecule has 2 aliphatic rings. The van der Waals surface area contributed by atoms with Crippen molar-refractivity contribution in [3.63, 3.8) is 0 Å². The second-order valence-corrected chi connectivity index (χ2v) is 6.79. The Morgan fingerprint density at radius 1 is 1.44 bits per heavy atom. The van der Waals surface area contributed by atoms with Crippen LogP contribution in [0.25, 0.3) is 0 Å². The summed E-state index contributed by atoms with van der Waals surface area (Å²) >= 11 is 7.07. The van der Waals surface area contributed by atoms with Crippen LogP contribution < -0.4 is 5.73 Å². The van der Waals surface area contributed by atoms with Gasteiger partial charge in [-0.3, -0.25) is 0 Å². The van der Waals surface area contributed by atoms with Crippen LogP contribution >= 0.6 is 24.0 Å². The lowest BCUT2D eigenvalue weighted by molar-refractivity contribution is 0.151. The highest BCUT2D eigenvalue weighted by atomic mass is 32.2. The van der Waals surface area contributed by atoms with Gasteiger partial charge in [0.15, 0.2) is 0 Å². The van der Waals surface area contributed by atoms with Crippen LogP contribution in [0.4, 0.5) is 0 Å². The molecule has 0 spiro atoms. The summed E-state index contributed by atoms with van der Waals surface area (Å²) in [5.41, 5.74) is 5.89. The van der Waals surface area contributed by atoms with Gasteiger partial charge in [0.1, 0.15) is 0 Å². The minimum absolute atomic E-state index is 0.0887. The predicted octanol–water partition coefficient (Wildman–Crippen LogP) is 2.27. The Bertz CT molecular complexity index is 256. The number of rotatable bonds is 4. The Labute approximate surface area is 108 Å². The average Bonchev–Trinajstić information content (AvgIpc) is 2.24. The van der Waals surface area contributed by atoms with E-state index >= 15 is 0 Å². The lowest BCUT2D eigenvalue weighted by Gasteiger charge is -2.42. The molecule has 1 aliphatic carbocycles. The monoisotopic (exact) mass is 258 g/mol. The van der Waals surface area contributed by atoms with E-state index in [1.54, 1.807) is 0 Å². The molecule has 0 bridgehead atoms. The van der Waals surface area contributed by atoms with E-state index in [1.807, 2.05) is 11.8 Å². The van der Waals surface area contributed by atoms with Gasteiger partial charge in [-0.15, -0.1) is 0 Å². The molecule has 16 heavy (non-hydrogen) atoms. The van der Waals surface area contributed by atoms with E-state index in [1.165, 1.54) is 38.9 Å². The van der Waals surface area contributed by atoms with Gasteiger partial charge in [-0.1, -0.05) is 18.6 Å². The quantitative estimate of drug-likeness (QED) is 0.783. The molecule has 2 rings (SSSR count). The molecular formula is C12H22N2S2. The molecule has 2 nitrogen and oxygen atoms in total. The fourth-order valence-corrected chi connectivity index (χ4v) is 3.93. The first-order valence-corrected chi connectivity index (χ1v) is 7.87. The van der Waals surface area contributed by atoms with Crippen LogP contribution in [-0.2, 0) is 0 Å². The Balaban J connectivity index is 1.82. The molecule has 1 aliphatic heterocycles. The third-order valence-corrected chi connectivity index (χ3v) is 6.17. The first kappa shape index (κ1) is 12.7. The molecule has 0 aromatic rings. The van der Waals surface area contributed by atoms with Crippen LogP contribution in [0.1, 0.15) is 32.1 Å². The minimum atomic E-state index is 0.0887. The van der Waals surface area contributed by atoms with Crippen molar-refractivity contribution in [2.24, 2.45) is 11.7 Å². The van der Waals surface area contributed by atoms with Gasteiger partial charge in [0.05, 0.1) is 9.74 Å². The fraction of sp³-hybridized carbons (Fsp3) is 0.917. The molecule has 1 saturated carbocycles. The highest BCUT2D eigenvalue weighted by Gasteiger charge is 2.37. The van der Waals surface area contributed by atoms with Crippen molar-refractivity contribution in [3.8, 4) is 0 Å². The number of hydrogen-bond acceptors (Lipinski definition) is 3. The van der Waals surface area contributed by atoms with E-state index < -0.39 is 0 Å². The number of nitrogens with two attached hydrogens (primary N) is 1. The van der Waals surface area contributed by atoms with Crippen LogP contribution in [0.3, 0.4) is 0 Å². The van der Waals surface area contributed by atoms with E-state index in [9.17, 15) is 0 Å². The van der Waals surface area contributed by atoms with E-state index in [0.717, 1.165) is 18.8 Å². The molecule has 2 fully saturated rings. The molecule has 0 unspecified atom stereocenters. The number of nitrogens with zero attached hydrogens (tertiary/aromatic N) is 1. The van der Waals surface area contributed by atoms with Crippen molar-refractivity contribution >= 4 is 29.0 Å². The summed E-state index contributed by atoms with van der Waals surface area (Å²) in [6, 6.07) is 0. The minimum Gasteiger partial charge on any atom is -0.392 e. The third kappa shape index (κ3) is 2.54. The molecule has 4 heteroatoms. The van der Waals surface area contributed by atoms with Gasteiger partial charge in [-0.2, -0.15) is 11.8 Å². The summed E-state index contributed by atoms with van der Waals surface area (Å²) in [7, 11) is 0. The first-order valence-electron chi connectivity index (χ1n) is 6.24. The zero-order chi connectivity index (χ0) is 11.6. The summed E-state index contributed by atoms with van der Waals surface area (Å²) < 4.78 is 0.0887. The molecule has 0 amide bonds. The van der Waals surface area contributed by atoms with Crippen molar-refractivity contribution < 1.29 is 0 Å². The van der Waals surface area contributed by atoms with Crippen molar-refractivity contribution in [3.05, 3.63) is 0 Å². The number of likely N-dealkylation sites (tertiary alicyclic amines) is 1. The summed E-state index contributed by atoms with van der Waals surface area (Å²) in [4.78, 5) is 3.32. The van der Waals surface area contributed by atoms with Gasteiger partial charge in [0.2, 0.25) is 0 Å². The normalized spacial score (nSPS) is 26.3. The van der Waals surface area contributed by atoms with E-state index in [-0.39, 0.29) is 4.75 Å². The summed E-state index contributed by atoms with van der Waals surface area (Å²) in [6.07, 6.45) is 8.74. The number of hydrogen-bond donors (Lipinski definition) is 1. The zero-order valence-corrected chi connectivity index (χ0v) is 11.7. The number of thiocarbonyl (C=S) groups is 1. The Kier molecular flexibility index (Phi) is 4.14. The largest absolute Gasteiger partial charge is 0.392 e. The van der Waals surface area contributed by atoms with Gasteiger partial charge < -0.3 is 10.6 Å². The van der Waals surface area contributed by atoms with Gasteiger partial charge >= 0.3 is 0 Å². The summed E-state index contributed by atoms with van der Waals surface area (Å²) in [5, 5.41) is 0. The highest BCUT2D eigenvalue weighted by molar-refractivity contribution is 8.01. The van der Waals surface area contributed by atoms with Crippen molar-refractivity contribution in [1.29, 1.82) is 0 Å². The highest BCUT2D eigenvalue weighted by Crippen LogP contribution is 2.36. The second kappa shape index (κ2) is 5.23. The van der Waals surface area contributed by atoms with Gasteiger partial charge in [0.25, 0.3) is 0 Å². The van der Waals surface area contributed by atoms with E-state index in [2.05, 4.69) is 11.2 Å². The topological polar surface area (TPSA) is 29.3 Å². The van der Waals surface area contributed by atoms with Crippen LogP contribution in [0.2, 0.25) is 0 Å². The number of piperidine rings is 1. The van der Waals surface area contributed by atoms with E-state index in [4.69, 9.17) is 18.0 Å². The Morgan fingerprint density at radius 3 is 2.44 bits per heavy atom. The Morgan fingerprint density at radius 2 is 2.06 bits per heavy atom. The van der Waals surface area contributed by atoms with Crippen LogP contribution in [0, 0.1) is 5.92 Å². The van der Waals surface area contributed by atoms with Crippen molar-refractivity contribution in [2.75, 3.05) is 25.9 Å². The fourth-order valence-electron chi connectivity index (χ4n) is 2.69. The van der Waals surface area contributed by atoms with Crippen molar-refractivity contribution in [1.82, 2.24) is 4.90 Å². The second-order valence-electron chi connectivity index (χ2n) is 5.16. The van der Waals surface area contributed by atoms with Gasteiger partial charge in [0, 0.05) is 6.54 Å². The molecule has 1 heterocycles. The maximum Gasteiger partial charge on any atom is 0.0891 e. The predicted molar refractivity (Wildman–Crippen MR) is 76.0 cm³/mol. The van der Waals surface area contributed by atoms with Crippen LogP contribution in [0.15, 0.2) is 0 Å². The third-order valence-electron chi connectivity index (χ3n) is 4.24. The van der Waals surface area contributed by atoms with Crippen LogP contribution in [0.5, 0.6) is 0 Å². The summed E-state index contributed by atoms with van der Waals surface area (Å²) in [6.45, 7) is 3.66. The average molecular weight is 258 g/mol. The first-order chi connectivity index (χ1) is 7.66. The number of thioether (sulfide) groups is 1. The van der Waals surface area contributed by atoms with Gasteiger partial charge in [-0.25, -0.2) is 0 Å². The summed E-state index contributed by atoms with van der Waals surface area (Å²) in [5.74, 6) is 0.978. The molecule has 2 N–H and O–H groups in total. The zero-order valence-electron chi connectivity index (χ0n) is 10.1. The SMILES string of the molecule is CSC1(C(N)=S)CCN(CC2CCC2)CC1. The molecule has 1 saturated heterocycles. The molecule has 92 valence electrons. The lowest BCUT2D eigenvalue weighted by Crippen LogP contribution is -2.50. The maximum atomic E-state index is 5.89. The Hall–Kier alpha value is 0.200.